The minimum atomic E-state index is -0.216. The van der Waals surface area contributed by atoms with E-state index in [4.69, 9.17) is 11.6 Å². The van der Waals surface area contributed by atoms with Crippen molar-refractivity contribution in [1.29, 1.82) is 0 Å². The summed E-state index contributed by atoms with van der Waals surface area (Å²) in [5.74, 6) is -0.259. The van der Waals surface area contributed by atoms with Crippen molar-refractivity contribution in [1.82, 2.24) is 15.1 Å². The van der Waals surface area contributed by atoms with Gasteiger partial charge in [-0.15, -0.1) is 0 Å². The Balaban J connectivity index is 1.43. The summed E-state index contributed by atoms with van der Waals surface area (Å²) in [5, 5.41) is 3.46. The Morgan fingerprint density at radius 2 is 1.78 bits per heavy atom. The molecule has 3 rings (SSSR count). The van der Waals surface area contributed by atoms with Gasteiger partial charge in [0.15, 0.2) is 0 Å². The minimum absolute atomic E-state index is 0.0288. The Hall–Kier alpha value is -2.37. The number of nitrogens with one attached hydrogen (secondary N) is 1. The Morgan fingerprint density at radius 3 is 2.48 bits per heavy atom. The van der Waals surface area contributed by atoms with Crippen LogP contribution >= 0.6 is 11.6 Å². The SMILES string of the molecule is Cc1cccc(C(=O)NCC(=O)N2CCN(Cc3cccc(Cl)c3)CC2)c1. The molecule has 1 heterocycles. The van der Waals surface area contributed by atoms with Gasteiger partial charge >= 0.3 is 0 Å². The summed E-state index contributed by atoms with van der Waals surface area (Å²) in [6, 6.07) is 15.2. The van der Waals surface area contributed by atoms with Crippen LogP contribution in [0.25, 0.3) is 0 Å². The first-order valence-corrected chi connectivity index (χ1v) is 9.48. The van der Waals surface area contributed by atoms with Gasteiger partial charge in [0, 0.05) is 43.3 Å². The van der Waals surface area contributed by atoms with Crippen molar-refractivity contribution in [3.8, 4) is 0 Å². The van der Waals surface area contributed by atoms with E-state index < -0.39 is 0 Å². The van der Waals surface area contributed by atoms with E-state index in [1.165, 1.54) is 5.56 Å². The maximum absolute atomic E-state index is 12.4. The summed E-state index contributed by atoms with van der Waals surface area (Å²) in [7, 11) is 0. The highest BCUT2D eigenvalue weighted by Crippen LogP contribution is 2.14. The van der Waals surface area contributed by atoms with E-state index in [9.17, 15) is 9.59 Å². The van der Waals surface area contributed by atoms with Gasteiger partial charge in [-0.2, -0.15) is 0 Å². The molecule has 2 amide bonds. The molecule has 1 aliphatic rings. The van der Waals surface area contributed by atoms with Gasteiger partial charge < -0.3 is 10.2 Å². The molecule has 1 aliphatic heterocycles. The lowest BCUT2D eigenvalue weighted by Crippen LogP contribution is -2.50. The van der Waals surface area contributed by atoms with Crippen molar-refractivity contribution in [3.05, 3.63) is 70.2 Å². The zero-order valence-corrected chi connectivity index (χ0v) is 16.2. The molecule has 1 N–H and O–H groups in total. The van der Waals surface area contributed by atoms with E-state index in [-0.39, 0.29) is 18.4 Å². The molecule has 2 aromatic carbocycles. The van der Waals surface area contributed by atoms with Crippen molar-refractivity contribution >= 4 is 23.4 Å². The Kier molecular flexibility index (Phi) is 6.48. The zero-order chi connectivity index (χ0) is 19.2. The zero-order valence-electron chi connectivity index (χ0n) is 15.5. The fourth-order valence-electron chi connectivity index (χ4n) is 3.20. The van der Waals surface area contributed by atoms with Gasteiger partial charge in [0.25, 0.3) is 5.91 Å². The number of carbonyl (C=O) groups excluding carboxylic acids is 2. The molecule has 1 fully saturated rings. The molecule has 5 nitrogen and oxygen atoms in total. The maximum Gasteiger partial charge on any atom is 0.251 e. The third kappa shape index (κ3) is 5.55. The Morgan fingerprint density at radius 1 is 1.04 bits per heavy atom. The predicted octanol–water partition coefficient (Wildman–Crippen LogP) is 2.72. The van der Waals surface area contributed by atoms with Crippen molar-refractivity contribution in [2.45, 2.75) is 13.5 Å². The van der Waals surface area contributed by atoms with E-state index in [1.54, 1.807) is 6.07 Å². The van der Waals surface area contributed by atoms with Gasteiger partial charge in [-0.25, -0.2) is 0 Å². The van der Waals surface area contributed by atoms with Gasteiger partial charge in [0.2, 0.25) is 5.91 Å². The number of hydrogen-bond acceptors (Lipinski definition) is 3. The average molecular weight is 386 g/mol. The maximum atomic E-state index is 12.4. The van der Waals surface area contributed by atoms with E-state index in [0.717, 1.165) is 30.2 Å². The molecule has 0 aliphatic carbocycles. The predicted molar refractivity (Wildman–Crippen MR) is 107 cm³/mol. The lowest BCUT2D eigenvalue weighted by Gasteiger charge is -2.34. The van der Waals surface area contributed by atoms with Gasteiger partial charge in [-0.3, -0.25) is 14.5 Å². The molecule has 0 bridgehead atoms. The molecule has 0 spiro atoms. The first kappa shape index (κ1) is 19.4. The van der Waals surface area contributed by atoms with Crippen molar-refractivity contribution < 1.29 is 9.59 Å². The van der Waals surface area contributed by atoms with E-state index in [0.29, 0.717) is 18.7 Å². The van der Waals surface area contributed by atoms with Gasteiger partial charge in [0.05, 0.1) is 6.54 Å². The van der Waals surface area contributed by atoms with Crippen LogP contribution in [0.1, 0.15) is 21.5 Å². The molecule has 142 valence electrons. The molecule has 0 aromatic heterocycles. The quantitative estimate of drug-likeness (QED) is 0.861. The number of aryl methyl sites for hydroxylation is 1. The molecule has 0 saturated carbocycles. The summed E-state index contributed by atoms with van der Waals surface area (Å²) in [5.41, 5.74) is 2.77. The summed E-state index contributed by atoms with van der Waals surface area (Å²) in [6.45, 7) is 5.74. The van der Waals surface area contributed by atoms with Crippen molar-refractivity contribution in [2.75, 3.05) is 32.7 Å². The number of nitrogens with zero attached hydrogens (tertiary/aromatic N) is 2. The number of amides is 2. The monoisotopic (exact) mass is 385 g/mol. The highest BCUT2D eigenvalue weighted by Gasteiger charge is 2.21. The number of piperazine rings is 1. The van der Waals surface area contributed by atoms with Crippen LogP contribution in [0.4, 0.5) is 0 Å². The molecule has 0 radical (unpaired) electrons. The number of halogens is 1. The van der Waals surface area contributed by atoms with E-state index in [2.05, 4.69) is 16.3 Å². The topological polar surface area (TPSA) is 52.7 Å². The van der Waals surface area contributed by atoms with Crippen molar-refractivity contribution in [3.63, 3.8) is 0 Å². The summed E-state index contributed by atoms with van der Waals surface area (Å²) in [4.78, 5) is 28.7. The number of hydrogen-bond donors (Lipinski definition) is 1. The average Bonchev–Trinajstić information content (AvgIpc) is 2.66. The summed E-state index contributed by atoms with van der Waals surface area (Å²) < 4.78 is 0. The fourth-order valence-corrected chi connectivity index (χ4v) is 3.42. The smallest absolute Gasteiger partial charge is 0.251 e. The molecular weight excluding hydrogens is 362 g/mol. The molecular formula is C21H24ClN3O2. The van der Waals surface area contributed by atoms with E-state index in [1.807, 2.05) is 48.2 Å². The van der Waals surface area contributed by atoms with Crippen LogP contribution in [0.15, 0.2) is 48.5 Å². The number of carbonyl (C=O) groups is 2. The van der Waals surface area contributed by atoms with Crippen LogP contribution in [-0.4, -0.2) is 54.3 Å². The molecule has 6 heteroatoms. The second-order valence-corrected chi connectivity index (χ2v) is 7.28. The standard InChI is InChI=1S/C21H24ClN3O2/c1-16-4-2-6-18(12-16)21(27)23-14-20(26)25-10-8-24(9-11-25)15-17-5-3-7-19(22)13-17/h2-7,12-13H,8-11,14-15H2,1H3,(H,23,27). The fraction of sp³-hybridized carbons (Fsp3) is 0.333. The van der Waals surface area contributed by atoms with Crippen LogP contribution in [0.5, 0.6) is 0 Å². The van der Waals surface area contributed by atoms with E-state index >= 15 is 0 Å². The normalized spacial score (nSPS) is 14.8. The van der Waals surface area contributed by atoms with Crippen molar-refractivity contribution in [2.24, 2.45) is 0 Å². The third-order valence-electron chi connectivity index (χ3n) is 4.70. The molecule has 1 saturated heterocycles. The lowest BCUT2D eigenvalue weighted by atomic mass is 10.1. The van der Waals surface area contributed by atoms with Gasteiger partial charge in [0.1, 0.15) is 0 Å². The Labute approximate surface area is 164 Å². The second kappa shape index (κ2) is 9.02. The van der Waals surface area contributed by atoms with Crippen LogP contribution in [-0.2, 0) is 11.3 Å². The first-order valence-electron chi connectivity index (χ1n) is 9.11. The largest absolute Gasteiger partial charge is 0.343 e. The van der Waals surface area contributed by atoms with Crippen LogP contribution in [0.3, 0.4) is 0 Å². The van der Waals surface area contributed by atoms with Crippen LogP contribution in [0.2, 0.25) is 5.02 Å². The molecule has 27 heavy (non-hydrogen) atoms. The first-order chi connectivity index (χ1) is 13.0. The lowest BCUT2D eigenvalue weighted by molar-refractivity contribution is -0.131. The van der Waals surface area contributed by atoms with Crippen LogP contribution < -0.4 is 5.32 Å². The number of benzene rings is 2. The van der Waals surface area contributed by atoms with Gasteiger partial charge in [-0.05, 0) is 36.8 Å². The third-order valence-corrected chi connectivity index (χ3v) is 4.94. The van der Waals surface area contributed by atoms with Crippen LogP contribution in [0, 0.1) is 6.92 Å². The molecule has 2 aromatic rings. The highest BCUT2D eigenvalue weighted by atomic mass is 35.5. The minimum Gasteiger partial charge on any atom is -0.343 e. The number of rotatable bonds is 5. The van der Waals surface area contributed by atoms with Gasteiger partial charge in [-0.1, -0.05) is 41.4 Å². The second-order valence-electron chi connectivity index (χ2n) is 6.84. The molecule has 0 unspecified atom stereocenters. The molecule has 0 atom stereocenters. The summed E-state index contributed by atoms with van der Waals surface area (Å²) in [6.07, 6.45) is 0. The highest BCUT2D eigenvalue weighted by molar-refractivity contribution is 6.30. The summed E-state index contributed by atoms with van der Waals surface area (Å²) >= 11 is 6.03. The Bertz CT molecular complexity index is 817.